The first-order chi connectivity index (χ1) is 11.0. The summed E-state index contributed by atoms with van der Waals surface area (Å²) in [6.07, 6.45) is 1.73. The molecule has 0 N–H and O–H groups in total. The Morgan fingerprint density at radius 1 is 1.04 bits per heavy atom. The monoisotopic (exact) mass is 332 g/mol. The highest BCUT2D eigenvalue weighted by Gasteiger charge is 2.27. The zero-order valence-electron chi connectivity index (χ0n) is 13.1. The van der Waals surface area contributed by atoms with Gasteiger partial charge in [0.25, 0.3) is 0 Å². The topological polar surface area (TPSA) is 66.4 Å². The zero-order chi connectivity index (χ0) is 16.3. The Labute approximate surface area is 136 Å². The maximum Gasteiger partial charge on any atom is 0.225 e. The second-order valence-electron chi connectivity index (χ2n) is 5.63. The van der Waals surface area contributed by atoms with E-state index < -0.39 is 10.0 Å². The largest absolute Gasteiger partial charge is 0.338 e. The van der Waals surface area contributed by atoms with Crippen molar-refractivity contribution in [1.29, 1.82) is 0 Å². The van der Waals surface area contributed by atoms with E-state index in [4.69, 9.17) is 0 Å². The van der Waals surface area contributed by atoms with Crippen molar-refractivity contribution in [2.45, 2.75) is 12.7 Å². The summed E-state index contributed by atoms with van der Waals surface area (Å²) in [7, 11) is -3.28. The normalized spacial score (nSPS) is 16.5. The summed E-state index contributed by atoms with van der Waals surface area (Å²) in [4.78, 5) is 10.7. The van der Waals surface area contributed by atoms with Gasteiger partial charge in [0.1, 0.15) is 0 Å². The number of aromatic nitrogens is 2. The van der Waals surface area contributed by atoms with Crippen molar-refractivity contribution in [3.8, 4) is 0 Å². The highest BCUT2D eigenvalue weighted by molar-refractivity contribution is 7.88. The minimum absolute atomic E-state index is 0.0504. The van der Waals surface area contributed by atoms with E-state index in [2.05, 4.69) is 9.97 Å². The molecule has 0 atom stereocenters. The fourth-order valence-corrected chi connectivity index (χ4v) is 4.15. The fourth-order valence-electron chi connectivity index (χ4n) is 2.63. The summed E-state index contributed by atoms with van der Waals surface area (Å²) in [5, 5.41) is 0. The van der Waals surface area contributed by atoms with Crippen molar-refractivity contribution < 1.29 is 8.42 Å². The fraction of sp³-hybridized carbons (Fsp3) is 0.375. The molecule has 2 aromatic rings. The molecule has 0 bridgehead atoms. The lowest BCUT2D eigenvalue weighted by molar-refractivity contribution is 0.382. The molecule has 122 valence electrons. The third-order valence-electron chi connectivity index (χ3n) is 3.89. The Balaban J connectivity index is 1.64. The molecule has 2 heterocycles. The predicted molar refractivity (Wildman–Crippen MR) is 89.6 cm³/mol. The minimum Gasteiger partial charge on any atom is -0.338 e. The smallest absolute Gasteiger partial charge is 0.225 e. The first-order valence-corrected chi connectivity index (χ1v) is 9.22. The molecule has 0 amide bonds. The van der Waals surface area contributed by atoms with E-state index in [0.29, 0.717) is 32.1 Å². The lowest BCUT2D eigenvalue weighted by Crippen LogP contribution is -2.49. The summed E-state index contributed by atoms with van der Waals surface area (Å²) in [5.74, 6) is 0.722. The van der Waals surface area contributed by atoms with Gasteiger partial charge in [0, 0.05) is 38.1 Å². The van der Waals surface area contributed by atoms with Crippen LogP contribution in [0.15, 0.2) is 42.6 Å². The van der Waals surface area contributed by atoms with Crippen molar-refractivity contribution in [3.63, 3.8) is 0 Å². The van der Waals surface area contributed by atoms with E-state index in [1.807, 2.05) is 48.2 Å². The summed E-state index contributed by atoms with van der Waals surface area (Å²) in [6.45, 7) is 4.07. The van der Waals surface area contributed by atoms with Crippen molar-refractivity contribution >= 4 is 16.0 Å². The minimum atomic E-state index is -3.28. The lowest BCUT2D eigenvalue weighted by atomic mass is 10.2. The average Bonchev–Trinajstić information content (AvgIpc) is 2.55. The van der Waals surface area contributed by atoms with Gasteiger partial charge in [-0.05, 0) is 18.6 Å². The summed E-state index contributed by atoms with van der Waals surface area (Å²) in [6, 6.07) is 11.1. The van der Waals surface area contributed by atoms with Crippen LogP contribution < -0.4 is 4.90 Å². The van der Waals surface area contributed by atoms with Gasteiger partial charge in [-0.1, -0.05) is 30.3 Å². The third kappa shape index (κ3) is 3.86. The second-order valence-corrected chi connectivity index (χ2v) is 7.59. The van der Waals surface area contributed by atoms with Crippen LogP contribution in [0.4, 0.5) is 5.95 Å². The van der Waals surface area contributed by atoms with Crippen LogP contribution >= 0.6 is 0 Å². The Bertz CT molecular complexity index is 757. The molecule has 1 saturated heterocycles. The molecule has 7 heteroatoms. The molecule has 1 aliphatic heterocycles. The molecule has 1 fully saturated rings. The van der Waals surface area contributed by atoms with E-state index >= 15 is 0 Å². The molecule has 0 aliphatic carbocycles. The molecule has 6 nitrogen and oxygen atoms in total. The molecule has 1 aromatic carbocycles. The van der Waals surface area contributed by atoms with E-state index in [1.165, 1.54) is 0 Å². The number of nitrogens with zero attached hydrogens (tertiary/aromatic N) is 4. The number of hydrogen-bond donors (Lipinski definition) is 0. The van der Waals surface area contributed by atoms with Gasteiger partial charge in [0.05, 0.1) is 5.75 Å². The number of sulfonamides is 1. The standard InChI is InChI=1S/C16H20N4O2S/c1-14-7-8-17-16(18-14)19-9-11-20(12-10-19)23(21,22)13-15-5-3-2-4-6-15/h2-8H,9-13H2,1H3. The average molecular weight is 332 g/mol. The molecule has 23 heavy (non-hydrogen) atoms. The van der Waals surface area contributed by atoms with Crippen LogP contribution in [-0.2, 0) is 15.8 Å². The zero-order valence-corrected chi connectivity index (χ0v) is 13.9. The van der Waals surface area contributed by atoms with Crippen molar-refractivity contribution in [3.05, 3.63) is 53.9 Å². The van der Waals surface area contributed by atoms with E-state index in [0.717, 1.165) is 11.3 Å². The maximum atomic E-state index is 12.5. The summed E-state index contributed by atoms with van der Waals surface area (Å²) >= 11 is 0. The quantitative estimate of drug-likeness (QED) is 0.847. The summed E-state index contributed by atoms with van der Waals surface area (Å²) < 4.78 is 26.6. The van der Waals surface area contributed by atoms with E-state index in [1.54, 1.807) is 10.5 Å². The highest BCUT2D eigenvalue weighted by atomic mass is 32.2. The van der Waals surface area contributed by atoms with Crippen LogP contribution in [-0.4, -0.2) is 48.9 Å². The van der Waals surface area contributed by atoms with Gasteiger partial charge < -0.3 is 4.90 Å². The first-order valence-electron chi connectivity index (χ1n) is 7.61. The molecule has 0 spiro atoms. The molecule has 1 aromatic heterocycles. The van der Waals surface area contributed by atoms with Crippen LogP contribution in [0.3, 0.4) is 0 Å². The van der Waals surface area contributed by atoms with Crippen LogP contribution in [0.25, 0.3) is 0 Å². The third-order valence-corrected chi connectivity index (χ3v) is 5.74. The van der Waals surface area contributed by atoms with Crippen molar-refractivity contribution in [2.24, 2.45) is 0 Å². The molecule has 0 unspecified atom stereocenters. The molecular formula is C16H20N4O2S. The second kappa shape index (κ2) is 6.64. The van der Waals surface area contributed by atoms with Crippen LogP contribution in [0.2, 0.25) is 0 Å². The number of rotatable bonds is 4. The van der Waals surface area contributed by atoms with Gasteiger partial charge in [-0.3, -0.25) is 0 Å². The molecule has 1 aliphatic rings. The number of hydrogen-bond acceptors (Lipinski definition) is 5. The first kappa shape index (κ1) is 15.9. The van der Waals surface area contributed by atoms with Crippen molar-refractivity contribution in [2.75, 3.05) is 31.1 Å². The highest BCUT2D eigenvalue weighted by Crippen LogP contribution is 2.16. The van der Waals surface area contributed by atoms with E-state index in [9.17, 15) is 8.42 Å². The number of aryl methyl sites for hydroxylation is 1. The Kier molecular flexibility index (Phi) is 4.58. The van der Waals surface area contributed by atoms with Gasteiger partial charge in [-0.15, -0.1) is 0 Å². The predicted octanol–water partition coefficient (Wildman–Crippen LogP) is 1.44. The summed E-state index contributed by atoms with van der Waals surface area (Å²) in [5.41, 5.74) is 1.73. The van der Waals surface area contributed by atoms with Crippen LogP contribution in [0.5, 0.6) is 0 Å². The van der Waals surface area contributed by atoms with Gasteiger partial charge in [-0.25, -0.2) is 18.4 Å². The Morgan fingerprint density at radius 2 is 1.74 bits per heavy atom. The van der Waals surface area contributed by atoms with Crippen LogP contribution in [0, 0.1) is 6.92 Å². The maximum absolute atomic E-state index is 12.5. The SMILES string of the molecule is Cc1ccnc(N2CCN(S(=O)(=O)Cc3ccccc3)CC2)n1. The Morgan fingerprint density at radius 3 is 2.39 bits per heavy atom. The van der Waals surface area contributed by atoms with Gasteiger partial charge in [0.15, 0.2) is 0 Å². The number of piperazine rings is 1. The van der Waals surface area contributed by atoms with Gasteiger partial charge in [-0.2, -0.15) is 4.31 Å². The Hall–Kier alpha value is -1.99. The lowest BCUT2D eigenvalue weighted by Gasteiger charge is -2.34. The van der Waals surface area contributed by atoms with E-state index in [-0.39, 0.29) is 5.75 Å². The van der Waals surface area contributed by atoms with Crippen molar-refractivity contribution in [1.82, 2.24) is 14.3 Å². The molecule has 3 rings (SSSR count). The van der Waals surface area contributed by atoms with Gasteiger partial charge >= 0.3 is 0 Å². The van der Waals surface area contributed by atoms with Gasteiger partial charge in [0.2, 0.25) is 16.0 Å². The van der Waals surface area contributed by atoms with Crippen LogP contribution in [0.1, 0.15) is 11.3 Å². The number of benzene rings is 1. The number of anilines is 1. The molecule has 0 radical (unpaired) electrons. The molecule has 0 saturated carbocycles. The molecular weight excluding hydrogens is 312 g/mol.